The van der Waals surface area contributed by atoms with E-state index in [1.807, 2.05) is 45.9 Å². The zero-order valence-corrected chi connectivity index (χ0v) is 19.3. The summed E-state index contributed by atoms with van der Waals surface area (Å²) < 4.78 is 31.5. The van der Waals surface area contributed by atoms with Gasteiger partial charge < -0.3 is 9.84 Å². The van der Waals surface area contributed by atoms with E-state index >= 15 is 0 Å². The molecule has 0 aromatic heterocycles. The number of halogens is 2. The molecule has 0 amide bonds. The molecule has 1 N–H and O–H groups in total. The normalized spacial score (nSPS) is 14.0. The molecule has 0 unspecified atom stereocenters. The Kier molecular flexibility index (Phi) is 8.58. The molecular weight excluding hydrogens is 386 g/mol. The van der Waals surface area contributed by atoms with Crippen molar-refractivity contribution in [3.8, 4) is 5.75 Å². The van der Waals surface area contributed by atoms with Crippen molar-refractivity contribution in [2.24, 2.45) is 0 Å². The minimum absolute atomic E-state index is 0.132. The lowest BCUT2D eigenvalue weighted by atomic mass is 9.78. The molecule has 166 valence electrons. The topological polar surface area (TPSA) is 46.5 Å². The molecule has 0 atom stereocenters. The molecule has 0 aliphatic rings. The molecular formula is C25H34F2O3. The fraction of sp³-hybridized carbons (Fsp3) is 0.480. The second kappa shape index (κ2) is 10.1. The van der Waals surface area contributed by atoms with Crippen molar-refractivity contribution in [3.05, 3.63) is 58.7 Å². The first kappa shape index (κ1) is 25.6. The van der Waals surface area contributed by atoms with Crippen molar-refractivity contribution in [1.82, 2.24) is 0 Å². The van der Waals surface area contributed by atoms with Crippen LogP contribution in [0.3, 0.4) is 0 Å². The van der Waals surface area contributed by atoms with Crippen LogP contribution in [-0.4, -0.2) is 24.1 Å². The lowest BCUT2D eigenvalue weighted by Crippen LogP contribution is -2.20. The number of rotatable bonds is 7. The maximum Gasteiger partial charge on any atom is 0.328 e. The van der Waals surface area contributed by atoms with Gasteiger partial charge in [-0.2, -0.15) is 0 Å². The van der Waals surface area contributed by atoms with E-state index in [2.05, 4.69) is 20.8 Å². The number of carbonyl (C=O) groups is 1. The van der Waals surface area contributed by atoms with Crippen molar-refractivity contribution < 1.29 is 23.4 Å². The summed E-state index contributed by atoms with van der Waals surface area (Å²) in [6.45, 7) is 15.3. The predicted octanol–water partition coefficient (Wildman–Crippen LogP) is 6.92. The van der Waals surface area contributed by atoms with Crippen LogP contribution in [0.5, 0.6) is 5.75 Å². The van der Waals surface area contributed by atoms with Crippen LogP contribution in [0.25, 0.3) is 5.57 Å². The van der Waals surface area contributed by atoms with E-state index in [0.29, 0.717) is 11.3 Å². The number of aliphatic carboxylic acids is 1. The summed E-state index contributed by atoms with van der Waals surface area (Å²) in [6, 6.07) is 4.04. The third-order valence-electron chi connectivity index (χ3n) is 4.60. The molecule has 0 saturated heterocycles. The van der Waals surface area contributed by atoms with Gasteiger partial charge in [0, 0.05) is 17.2 Å². The third kappa shape index (κ3) is 7.77. The van der Waals surface area contributed by atoms with E-state index in [0.717, 1.165) is 28.3 Å². The Labute approximate surface area is 179 Å². The molecule has 0 fully saturated rings. The zero-order valence-electron chi connectivity index (χ0n) is 19.3. The second-order valence-electron chi connectivity index (χ2n) is 9.54. The standard InChI is InChI=1S/C25H34F2O3/c1-16(12-22(28)29)10-9-11-17(2)19-13-18(24(3,4)5)14-20(25(6,7)8)23(19)30-15-21(26)27/h9-14,21H,15H2,1-8H3,(H,28,29). The first-order chi connectivity index (χ1) is 13.6. The summed E-state index contributed by atoms with van der Waals surface area (Å²) in [6.07, 6.45) is 3.83. The first-order valence-corrected chi connectivity index (χ1v) is 9.99. The van der Waals surface area contributed by atoms with E-state index in [4.69, 9.17) is 9.84 Å². The first-order valence-electron chi connectivity index (χ1n) is 9.99. The number of ether oxygens (including phenoxy) is 1. The average molecular weight is 421 g/mol. The van der Waals surface area contributed by atoms with Gasteiger partial charge in [-0.1, -0.05) is 65.8 Å². The van der Waals surface area contributed by atoms with Crippen molar-refractivity contribution in [2.45, 2.75) is 72.6 Å². The highest BCUT2D eigenvalue weighted by Gasteiger charge is 2.27. The van der Waals surface area contributed by atoms with Crippen LogP contribution in [0.15, 0.2) is 42.0 Å². The summed E-state index contributed by atoms with van der Waals surface area (Å²) in [5.74, 6) is -0.538. The van der Waals surface area contributed by atoms with Crippen LogP contribution >= 0.6 is 0 Å². The quantitative estimate of drug-likeness (QED) is 0.385. The van der Waals surface area contributed by atoms with Crippen molar-refractivity contribution >= 4 is 11.5 Å². The average Bonchev–Trinajstić information content (AvgIpc) is 2.56. The minimum Gasteiger partial charge on any atom is -0.487 e. The molecule has 0 bridgehead atoms. The Bertz CT molecular complexity index is 848. The van der Waals surface area contributed by atoms with Crippen molar-refractivity contribution in [3.63, 3.8) is 0 Å². The highest BCUT2D eigenvalue weighted by atomic mass is 19.3. The summed E-state index contributed by atoms with van der Waals surface area (Å²) >= 11 is 0. The Morgan fingerprint density at radius 1 is 1.10 bits per heavy atom. The largest absolute Gasteiger partial charge is 0.487 e. The number of benzene rings is 1. The van der Waals surface area contributed by atoms with Crippen LogP contribution in [-0.2, 0) is 15.6 Å². The molecule has 0 saturated carbocycles. The van der Waals surface area contributed by atoms with E-state index in [1.165, 1.54) is 0 Å². The number of carboxylic acids is 1. The SMILES string of the molecule is CC(C=CC=C(C)c1cc(C(C)(C)C)cc(C(C)(C)C)c1OCC(F)F)=CC(=O)O. The zero-order chi connectivity index (χ0) is 23.3. The van der Waals surface area contributed by atoms with Gasteiger partial charge in [0.25, 0.3) is 6.43 Å². The molecule has 0 heterocycles. The lowest BCUT2D eigenvalue weighted by molar-refractivity contribution is -0.131. The van der Waals surface area contributed by atoms with Gasteiger partial charge in [0.2, 0.25) is 0 Å². The highest BCUT2D eigenvalue weighted by Crippen LogP contribution is 2.41. The molecule has 1 aromatic rings. The van der Waals surface area contributed by atoms with Crippen LogP contribution in [0, 0.1) is 0 Å². The Morgan fingerprint density at radius 3 is 2.17 bits per heavy atom. The van der Waals surface area contributed by atoms with Gasteiger partial charge in [-0.15, -0.1) is 0 Å². The molecule has 0 aliphatic heterocycles. The smallest absolute Gasteiger partial charge is 0.328 e. The second-order valence-corrected chi connectivity index (χ2v) is 9.54. The van der Waals surface area contributed by atoms with Crippen LogP contribution < -0.4 is 4.74 Å². The molecule has 0 radical (unpaired) electrons. The Balaban J connectivity index is 3.63. The van der Waals surface area contributed by atoms with Crippen LogP contribution in [0.4, 0.5) is 8.78 Å². The summed E-state index contributed by atoms with van der Waals surface area (Å²) in [5, 5.41) is 8.82. The number of hydrogen-bond donors (Lipinski definition) is 1. The van der Waals surface area contributed by atoms with Gasteiger partial charge in [0.1, 0.15) is 12.4 Å². The van der Waals surface area contributed by atoms with Gasteiger partial charge in [-0.25, -0.2) is 13.6 Å². The van der Waals surface area contributed by atoms with Crippen LogP contribution in [0.1, 0.15) is 72.1 Å². The van der Waals surface area contributed by atoms with Gasteiger partial charge in [0.05, 0.1) is 0 Å². The fourth-order valence-corrected chi connectivity index (χ4v) is 2.89. The van der Waals surface area contributed by atoms with Crippen molar-refractivity contribution in [1.29, 1.82) is 0 Å². The van der Waals surface area contributed by atoms with Crippen LogP contribution in [0.2, 0.25) is 0 Å². The van der Waals surface area contributed by atoms with E-state index in [1.54, 1.807) is 19.1 Å². The summed E-state index contributed by atoms with van der Waals surface area (Å²) in [5.41, 5.74) is 3.74. The minimum atomic E-state index is -2.57. The van der Waals surface area contributed by atoms with E-state index in [9.17, 15) is 13.6 Å². The van der Waals surface area contributed by atoms with Gasteiger partial charge in [0.15, 0.2) is 0 Å². The van der Waals surface area contributed by atoms with Gasteiger partial charge in [-0.05, 0) is 47.5 Å². The molecule has 30 heavy (non-hydrogen) atoms. The predicted molar refractivity (Wildman–Crippen MR) is 120 cm³/mol. The molecule has 1 aromatic carbocycles. The number of hydrogen-bond acceptors (Lipinski definition) is 2. The summed E-state index contributed by atoms with van der Waals surface area (Å²) in [7, 11) is 0. The maximum absolute atomic E-state index is 12.9. The number of allylic oxidation sites excluding steroid dienone is 5. The Morgan fingerprint density at radius 2 is 1.70 bits per heavy atom. The maximum atomic E-state index is 12.9. The summed E-state index contributed by atoms with van der Waals surface area (Å²) in [4.78, 5) is 10.8. The van der Waals surface area contributed by atoms with Gasteiger partial charge in [-0.3, -0.25) is 0 Å². The monoisotopic (exact) mass is 420 g/mol. The fourth-order valence-electron chi connectivity index (χ4n) is 2.89. The number of carboxylic acid groups (broad SMARTS) is 1. The molecule has 3 nitrogen and oxygen atoms in total. The number of alkyl halides is 2. The third-order valence-corrected chi connectivity index (χ3v) is 4.60. The molecule has 1 rings (SSSR count). The highest BCUT2D eigenvalue weighted by molar-refractivity contribution is 5.81. The molecule has 5 heteroatoms. The van der Waals surface area contributed by atoms with E-state index < -0.39 is 19.0 Å². The molecule has 0 aliphatic carbocycles. The molecule has 0 spiro atoms. The Hall–Kier alpha value is -2.43. The lowest BCUT2D eigenvalue weighted by Gasteiger charge is -2.29. The van der Waals surface area contributed by atoms with Crippen molar-refractivity contribution in [2.75, 3.05) is 6.61 Å². The van der Waals surface area contributed by atoms with E-state index in [-0.39, 0.29) is 10.8 Å². The van der Waals surface area contributed by atoms with Gasteiger partial charge >= 0.3 is 5.97 Å².